The normalized spacial score (nSPS) is 10.2. The SMILES string of the molecule is Cc1cc(NC(=O)Cn2cccnc2=O)sc1C(=O)O. The molecule has 2 rings (SSSR count). The number of carbonyl (C=O) groups excluding carboxylic acids is 1. The topological polar surface area (TPSA) is 101 Å². The highest BCUT2D eigenvalue weighted by molar-refractivity contribution is 7.18. The fraction of sp³-hybridized carbons (Fsp3) is 0.167. The number of rotatable bonds is 4. The Hall–Kier alpha value is -2.48. The minimum absolute atomic E-state index is 0.175. The average Bonchev–Trinajstić information content (AvgIpc) is 2.73. The quantitative estimate of drug-likeness (QED) is 0.874. The third kappa shape index (κ3) is 3.09. The first kappa shape index (κ1) is 13.9. The van der Waals surface area contributed by atoms with E-state index in [4.69, 9.17) is 5.11 Å². The predicted molar refractivity (Wildman–Crippen MR) is 73.1 cm³/mol. The molecule has 0 bridgehead atoms. The standard InChI is InChI=1S/C12H11N3O4S/c1-7-5-9(20-10(7)11(17)18)14-8(16)6-15-4-2-3-13-12(15)19/h2-5H,6H2,1H3,(H,14,16)(H,17,18). The van der Waals surface area contributed by atoms with Crippen molar-refractivity contribution in [2.45, 2.75) is 13.5 Å². The summed E-state index contributed by atoms with van der Waals surface area (Å²) in [6, 6.07) is 3.13. The van der Waals surface area contributed by atoms with E-state index in [-0.39, 0.29) is 11.4 Å². The zero-order valence-electron chi connectivity index (χ0n) is 10.5. The molecule has 0 aliphatic heterocycles. The summed E-state index contributed by atoms with van der Waals surface area (Å²) in [4.78, 5) is 37.7. The maximum absolute atomic E-state index is 11.8. The Balaban J connectivity index is 2.09. The Labute approximate surface area is 117 Å². The van der Waals surface area contributed by atoms with Gasteiger partial charge < -0.3 is 10.4 Å². The lowest BCUT2D eigenvalue weighted by Crippen LogP contribution is -2.28. The average molecular weight is 293 g/mol. The van der Waals surface area contributed by atoms with Crippen molar-refractivity contribution in [1.82, 2.24) is 9.55 Å². The molecule has 0 fully saturated rings. The number of anilines is 1. The van der Waals surface area contributed by atoms with Gasteiger partial charge in [0.1, 0.15) is 11.4 Å². The number of amides is 1. The van der Waals surface area contributed by atoms with E-state index < -0.39 is 17.6 Å². The van der Waals surface area contributed by atoms with Gasteiger partial charge in [0, 0.05) is 12.4 Å². The first-order chi connectivity index (χ1) is 9.47. The number of thiophene rings is 1. The van der Waals surface area contributed by atoms with E-state index >= 15 is 0 Å². The second-order valence-corrected chi connectivity index (χ2v) is 5.06. The number of hydrogen-bond acceptors (Lipinski definition) is 5. The number of carboxylic acids is 1. The number of aryl methyl sites for hydroxylation is 1. The van der Waals surface area contributed by atoms with Crippen LogP contribution >= 0.6 is 11.3 Å². The van der Waals surface area contributed by atoms with Gasteiger partial charge in [-0.25, -0.2) is 14.6 Å². The number of nitrogens with zero attached hydrogens (tertiary/aromatic N) is 2. The van der Waals surface area contributed by atoms with Gasteiger partial charge in [0.25, 0.3) is 0 Å². The van der Waals surface area contributed by atoms with Crippen molar-refractivity contribution in [3.05, 3.63) is 45.5 Å². The Morgan fingerprint density at radius 3 is 2.85 bits per heavy atom. The summed E-state index contributed by atoms with van der Waals surface area (Å²) in [7, 11) is 0. The molecule has 8 heteroatoms. The van der Waals surface area contributed by atoms with E-state index in [1.807, 2.05) is 0 Å². The summed E-state index contributed by atoms with van der Waals surface area (Å²) in [5.74, 6) is -1.45. The van der Waals surface area contributed by atoms with Crippen LogP contribution in [0.4, 0.5) is 5.00 Å². The third-order valence-corrected chi connectivity index (χ3v) is 3.61. The number of aromatic nitrogens is 2. The molecule has 0 radical (unpaired) electrons. The Kier molecular flexibility index (Phi) is 3.94. The molecule has 0 unspecified atom stereocenters. The molecule has 20 heavy (non-hydrogen) atoms. The summed E-state index contributed by atoms with van der Waals surface area (Å²) in [6.07, 6.45) is 2.80. The largest absolute Gasteiger partial charge is 0.477 e. The highest BCUT2D eigenvalue weighted by atomic mass is 32.1. The van der Waals surface area contributed by atoms with E-state index in [1.165, 1.54) is 12.4 Å². The molecular formula is C12H11N3O4S. The second kappa shape index (κ2) is 5.66. The number of hydrogen-bond donors (Lipinski definition) is 2. The molecule has 1 amide bonds. The molecule has 0 saturated carbocycles. The third-order valence-electron chi connectivity index (χ3n) is 2.47. The van der Waals surface area contributed by atoms with Gasteiger partial charge >= 0.3 is 11.7 Å². The molecule has 0 aliphatic rings. The van der Waals surface area contributed by atoms with Crippen molar-refractivity contribution in [2.75, 3.05) is 5.32 Å². The number of nitrogens with one attached hydrogen (secondary N) is 1. The van der Waals surface area contributed by atoms with E-state index in [0.717, 1.165) is 15.9 Å². The zero-order chi connectivity index (χ0) is 14.7. The van der Waals surface area contributed by atoms with Crippen molar-refractivity contribution < 1.29 is 14.7 Å². The van der Waals surface area contributed by atoms with Crippen molar-refractivity contribution >= 4 is 28.2 Å². The first-order valence-corrected chi connectivity index (χ1v) is 6.44. The van der Waals surface area contributed by atoms with Crippen LogP contribution in [-0.2, 0) is 11.3 Å². The molecule has 104 valence electrons. The molecule has 0 aromatic carbocycles. The van der Waals surface area contributed by atoms with Gasteiger partial charge in [-0.3, -0.25) is 9.36 Å². The van der Waals surface area contributed by atoms with Gasteiger partial charge in [0.15, 0.2) is 0 Å². The number of aromatic carboxylic acids is 1. The molecule has 0 saturated heterocycles. The Morgan fingerprint density at radius 1 is 1.50 bits per heavy atom. The summed E-state index contributed by atoms with van der Waals surface area (Å²) in [5.41, 5.74) is 0.0626. The molecule has 7 nitrogen and oxygen atoms in total. The van der Waals surface area contributed by atoms with Crippen molar-refractivity contribution in [3.8, 4) is 0 Å². The lowest BCUT2D eigenvalue weighted by molar-refractivity contribution is -0.116. The fourth-order valence-electron chi connectivity index (χ4n) is 1.60. The minimum Gasteiger partial charge on any atom is -0.477 e. The maximum Gasteiger partial charge on any atom is 0.347 e. The molecule has 2 heterocycles. The molecule has 2 aromatic heterocycles. The smallest absolute Gasteiger partial charge is 0.347 e. The van der Waals surface area contributed by atoms with Crippen LogP contribution in [0.3, 0.4) is 0 Å². The van der Waals surface area contributed by atoms with Crippen LogP contribution in [-0.4, -0.2) is 26.5 Å². The summed E-state index contributed by atoms with van der Waals surface area (Å²) in [6.45, 7) is 1.48. The van der Waals surface area contributed by atoms with Crippen LogP contribution in [0.1, 0.15) is 15.2 Å². The van der Waals surface area contributed by atoms with E-state index in [9.17, 15) is 14.4 Å². The maximum atomic E-state index is 11.8. The van der Waals surface area contributed by atoms with Gasteiger partial charge in [0.2, 0.25) is 5.91 Å². The van der Waals surface area contributed by atoms with Crippen LogP contribution < -0.4 is 11.0 Å². The van der Waals surface area contributed by atoms with Crippen molar-refractivity contribution in [3.63, 3.8) is 0 Å². The van der Waals surface area contributed by atoms with Crippen LogP contribution in [0, 0.1) is 6.92 Å². The van der Waals surface area contributed by atoms with Gasteiger partial charge in [-0.2, -0.15) is 0 Å². The number of carboxylic acid groups (broad SMARTS) is 1. The minimum atomic E-state index is -1.03. The second-order valence-electron chi connectivity index (χ2n) is 4.01. The van der Waals surface area contributed by atoms with Crippen molar-refractivity contribution in [1.29, 1.82) is 0 Å². The van der Waals surface area contributed by atoms with Crippen LogP contribution in [0.2, 0.25) is 0 Å². The van der Waals surface area contributed by atoms with Crippen molar-refractivity contribution in [2.24, 2.45) is 0 Å². The monoisotopic (exact) mass is 293 g/mol. The van der Waals surface area contributed by atoms with Gasteiger partial charge in [-0.15, -0.1) is 11.3 Å². The van der Waals surface area contributed by atoms with E-state index in [1.54, 1.807) is 19.1 Å². The fourth-order valence-corrected chi connectivity index (χ4v) is 2.52. The lowest BCUT2D eigenvalue weighted by atomic mass is 10.3. The first-order valence-electron chi connectivity index (χ1n) is 5.62. The molecule has 0 spiro atoms. The molecule has 0 aliphatic carbocycles. The Morgan fingerprint density at radius 2 is 2.25 bits per heavy atom. The highest BCUT2D eigenvalue weighted by Gasteiger charge is 2.14. The Bertz CT molecular complexity index is 719. The molecule has 2 N–H and O–H groups in total. The number of carbonyl (C=O) groups is 2. The molecular weight excluding hydrogens is 282 g/mol. The van der Waals surface area contributed by atoms with Crippen LogP contribution in [0.5, 0.6) is 0 Å². The van der Waals surface area contributed by atoms with Gasteiger partial charge in [0.05, 0.1) is 5.00 Å². The zero-order valence-corrected chi connectivity index (χ0v) is 11.3. The predicted octanol–water partition coefficient (Wildman–Crippen LogP) is 0.950. The van der Waals surface area contributed by atoms with E-state index in [0.29, 0.717) is 10.6 Å². The molecule has 2 aromatic rings. The molecule has 0 atom stereocenters. The van der Waals surface area contributed by atoms with Gasteiger partial charge in [-0.1, -0.05) is 0 Å². The van der Waals surface area contributed by atoms with E-state index in [2.05, 4.69) is 10.3 Å². The lowest BCUT2D eigenvalue weighted by Gasteiger charge is -2.04. The highest BCUT2D eigenvalue weighted by Crippen LogP contribution is 2.26. The summed E-state index contributed by atoms with van der Waals surface area (Å²) >= 11 is 0.976. The van der Waals surface area contributed by atoms with Gasteiger partial charge in [-0.05, 0) is 24.6 Å². The summed E-state index contributed by atoms with van der Waals surface area (Å²) in [5, 5.41) is 11.9. The van der Waals surface area contributed by atoms with Crippen LogP contribution in [0.15, 0.2) is 29.3 Å². The van der Waals surface area contributed by atoms with Crippen LogP contribution in [0.25, 0.3) is 0 Å². The summed E-state index contributed by atoms with van der Waals surface area (Å²) < 4.78 is 1.16.